The molecule has 0 spiro atoms. The van der Waals surface area contributed by atoms with E-state index in [-0.39, 0.29) is 0 Å². The number of benzene rings is 1. The molecule has 20 heavy (non-hydrogen) atoms. The predicted molar refractivity (Wildman–Crippen MR) is 86.2 cm³/mol. The van der Waals surface area contributed by atoms with Gasteiger partial charge in [-0.25, -0.2) is 0 Å². The number of rotatable bonds is 3. The van der Waals surface area contributed by atoms with E-state index in [1.54, 1.807) is 0 Å². The van der Waals surface area contributed by atoms with Crippen LogP contribution in [0.1, 0.15) is 38.2 Å². The molecule has 1 aliphatic heterocycles. The Kier molecular flexibility index (Phi) is 4.30. The van der Waals surface area contributed by atoms with E-state index in [4.69, 9.17) is 0 Å². The summed E-state index contributed by atoms with van der Waals surface area (Å²) < 4.78 is 0. The predicted octanol–water partition coefficient (Wildman–Crippen LogP) is 3.78. The summed E-state index contributed by atoms with van der Waals surface area (Å²) in [4.78, 5) is 2.63. The van der Waals surface area contributed by atoms with Gasteiger partial charge in [0.25, 0.3) is 0 Å². The average molecular weight is 272 g/mol. The minimum absolute atomic E-state index is 0.759. The average Bonchev–Trinajstić information content (AvgIpc) is 2.48. The van der Waals surface area contributed by atoms with Crippen LogP contribution in [0.15, 0.2) is 24.3 Å². The molecule has 2 heteroatoms. The SMILES string of the molecule is CC1CCC(N(C)CC2CNc3ccccc3C2)CC1. The molecular formula is C18H28N2. The fraction of sp³-hybridized carbons (Fsp3) is 0.667. The van der Waals surface area contributed by atoms with Crippen LogP contribution in [-0.2, 0) is 6.42 Å². The highest BCUT2D eigenvalue weighted by Gasteiger charge is 2.25. The van der Waals surface area contributed by atoms with Gasteiger partial charge in [-0.05, 0) is 62.6 Å². The minimum atomic E-state index is 0.759. The molecule has 0 amide bonds. The molecule has 1 aromatic rings. The summed E-state index contributed by atoms with van der Waals surface area (Å²) in [6, 6.07) is 9.59. The third-order valence-electron chi connectivity index (χ3n) is 5.26. The van der Waals surface area contributed by atoms with Gasteiger partial charge in [-0.2, -0.15) is 0 Å². The molecule has 1 fully saturated rings. The highest BCUT2D eigenvalue weighted by atomic mass is 15.1. The summed E-state index contributed by atoms with van der Waals surface area (Å²) in [5.74, 6) is 1.71. The van der Waals surface area contributed by atoms with Crippen molar-refractivity contribution in [1.29, 1.82) is 0 Å². The number of nitrogens with zero attached hydrogens (tertiary/aromatic N) is 1. The van der Waals surface area contributed by atoms with Crippen LogP contribution in [0, 0.1) is 11.8 Å². The summed E-state index contributed by atoms with van der Waals surface area (Å²) in [6.07, 6.45) is 6.86. The molecule has 0 radical (unpaired) electrons. The Hall–Kier alpha value is -1.02. The van der Waals surface area contributed by atoms with Gasteiger partial charge in [0.2, 0.25) is 0 Å². The lowest BCUT2D eigenvalue weighted by molar-refractivity contribution is 0.150. The standard InChI is InChI=1S/C18H28N2/c1-14-7-9-17(10-8-14)20(2)13-15-11-16-5-3-4-6-18(16)19-12-15/h3-6,14-15,17,19H,7-13H2,1-2H3. The summed E-state index contributed by atoms with van der Waals surface area (Å²) in [5, 5.41) is 3.60. The molecule has 0 bridgehead atoms. The molecule has 110 valence electrons. The Morgan fingerprint density at radius 2 is 1.90 bits per heavy atom. The zero-order chi connectivity index (χ0) is 13.9. The molecule has 0 aromatic heterocycles. The molecule has 1 aliphatic carbocycles. The summed E-state index contributed by atoms with van der Waals surface area (Å²) in [5.41, 5.74) is 2.84. The van der Waals surface area contributed by atoms with Crippen molar-refractivity contribution < 1.29 is 0 Å². The van der Waals surface area contributed by atoms with Crippen LogP contribution in [0.4, 0.5) is 5.69 Å². The van der Waals surface area contributed by atoms with Crippen molar-refractivity contribution in [1.82, 2.24) is 4.90 Å². The molecule has 3 rings (SSSR count). The Morgan fingerprint density at radius 1 is 1.15 bits per heavy atom. The molecule has 1 atom stereocenters. The van der Waals surface area contributed by atoms with E-state index in [9.17, 15) is 0 Å². The molecule has 1 unspecified atom stereocenters. The highest BCUT2D eigenvalue weighted by molar-refractivity contribution is 5.53. The van der Waals surface area contributed by atoms with E-state index in [2.05, 4.69) is 48.5 Å². The van der Waals surface area contributed by atoms with Gasteiger partial charge in [0.05, 0.1) is 0 Å². The minimum Gasteiger partial charge on any atom is -0.384 e. The third kappa shape index (κ3) is 3.17. The fourth-order valence-electron chi connectivity index (χ4n) is 3.88. The van der Waals surface area contributed by atoms with Gasteiger partial charge < -0.3 is 10.2 Å². The van der Waals surface area contributed by atoms with Crippen molar-refractivity contribution in [2.45, 2.75) is 45.1 Å². The van der Waals surface area contributed by atoms with Crippen molar-refractivity contribution in [3.8, 4) is 0 Å². The van der Waals surface area contributed by atoms with Crippen molar-refractivity contribution in [2.75, 3.05) is 25.5 Å². The second kappa shape index (κ2) is 6.17. The van der Waals surface area contributed by atoms with E-state index in [0.717, 1.165) is 24.4 Å². The molecule has 2 aliphatic rings. The molecule has 1 aromatic carbocycles. The van der Waals surface area contributed by atoms with Gasteiger partial charge in [-0.3, -0.25) is 0 Å². The zero-order valence-corrected chi connectivity index (χ0v) is 12.9. The smallest absolute Gasteiger partial charge is 0.0372 e. The highest BCUT2D eigenvalue weighted by Crippen LogP contribution is 2.29. The van der Waals surface area contributed by atoms with E-state index in [0.29, 0.717) is 0 Å². The first-order valence-electron chi connectivity index (χ1n) is 8.24. The van der Waals surface area contributed by atoms with E-state index in [1.807, 2.05) is 0 Å². The summed E-state index contributed by atoms with van der Waals surface area (Å²) in [6.45, 7) is 4.77. The summed E-state index contributed by atoms with van der Waals surface area (Å²) >= 11 is 0. The van der Waals surface area contributed by atoms with Crippen LogP contribution >= 0.6 is 0 Å². The van der Waals surface area contributed by atoms with Gasteiger partial charge in [-0.1, -0.05) is 25.1 Å². The monoisotopic (exact) mass is 272 g/mol. The van der Waals surface area contributed by atoms with Gasteiger partial charge >= 0.3 is 0 Å². The number of anilines is 1. The van der Waals surface area contributed by atoms with Crippen molar-refractivity contribution in [3.05, 3.63) is 29.8 Å². The Morgan fingerprint density at radius 3 is 2.70 bits per heavy atom. The molecular weight excluding hydrogens is 244 g/mol. The zero-order valence-electron chi connectivity index (χ0n) is 12.9. The first-order valence-corrected chi connectivity index (χ1v) is 8.24. The van der Waals surface area contributed by atoms with E-state index < -0.39 is 0 Å². The van der Waals surface area contributed by atoms with Crippen LogP contribution in [0.25, 0.3) is 0 Å². The van der Waals surface area contributed by atoms with Crippen LogP contribution < -0.4 is 5.32 Å². The lowest BCUT2D eigenvalue weighted by Gasteiger charge is -2.37. The van der Waals surface area contributed by atoms with E-state index >= 15 is 0 Å². The largest absolute Gasteiger partial charge is 0.384 e. The molecule has 0 saturated heterocycles. The maximum absolute atomic E-state index is 3.60. The van der Waals surface area contributed by atoms with Crippen LogP contribution in [0.3, 0.4) is 0 Å². The number of para-hydroxylation sites is 1. The van der Waals surface area contributed by atoms with Gasteiger partial charge in [0.1, 0.15) is 0 Å². The van der Waals surface area contributed by atoms with Crippen LogP contribution in [0.5, 0.6) is 0 Å². The molecule has 2 nitrogen and oxygen atoms in total. The Balaban J connectivity index is 1.54. The quantitative estimate of drug-likeness (QED) is 0.901. The molecule has 1 N–H and O–H groups in total. The second-order valence-corrected chi connectivity index (χ2v) is 6.96. The van der Waals surface area contributed by atoms with Gasteiger partial charge in [0, 0.05) is 24.8 Å². The Bertz CT molecular complexity index is 435. The maximum atomic E-state index is 3.60. The van der Waals surface area contributed by atoms with Gasteiger partial charge in [0.15, 0.2) is 0 Å². The number of nitrogens with one attached hydrogen (secondary N) is 1. The fourth-order valence-corrected chi connectivity index (χ4v) is 3.88. The van der Waals surface area contributed by atoms with Crippen molar-refractivity contribution in [3.63, 3.8) is 0 Å². The van der Waals surface area contributed by atoms with Crippen molar-refractivity contribution in [2.24, 2.45) is 11.8 Å². The first-order chi connectivity index (χ1) is 9.72. The van der Waals surface area contributed by atoms with Crippen molar-refractivity contribution >= 4 is 5.69 Å². The third-order valence-corrected chi connectivity index (χ3v) is 5.26. The second-order valence-electron chi connectivity index (χ2n) is 6.96. The number of hydrogen-bond donors (Lipinski definition) is 1. The summed E-state index contributed by atoms with van der Waals surface area (Å²) in [7, 11) is 2.33. The topological polar surface area (TPSA) is 15.3 Å². The lowest BCUT2D eigenvalue weighted by Crippen LogP contribution is -2.41. The van der Waals surface area contributed by atoms with Gasteiger partial charge in [-0.15, -0.1) is 0 Å². The molecule has 1 heterocycles. The Labute approximate surface area is 123 Å². The maximum Gasteiger partial charge on any atom is 0.0372 e. The first kappa shape index (κ1) is 13.9. The number of fused-ring (bicyclic) bond motifs is 1. The normalized spacial score (nSPS) is 29.9. The van der Waals surface area contributed by atoms with Crippen LogP contribution in [0.2, 0.25) is 0 Å². The lowest BCUT2D eigenvalue weighted by atomic mass is 9.86. The number of hydrogen-bond acceptors (Lipinski definition) is 2. The van der Waals surface area contributed by atoms with Crippen LogP contribution in [-0.4, -0.2) is 31.1 Å². The molecule has 1 saturated carbocycles. The van der Waals surface area contributed by atoms with E-state index in [1.165, 1.54) is 49.9 Å².